The minimum Gasteiger partial charge on any atom is -0.353 e. The zero-order chi connectivity index (χ0) is 11.0. The maximum absolute atomic E-state index is 11.5. The Labute approximate surface area is 84.7 Å². The standard InChI is InChI=1S/C10H17N3O/c1-3-8-13-9(14)10(12,4-2)6-5-7-11/h2,5-6H,3,7-8,11-12H2,1H3,(H,13,14). The van der Waals surface area contributed by atoms with Gasteiger partial charge < -0.3 is 16.8 Å². The van der Waals surface area contributed by atoms with Crippen LogP contribution in [0.4, 0.5) is 0 Å². The SMILES string of the molecule is C#CC(N)(C=CCN)C(=O)NCCC. The maximum Gasteiger partial charge on any atom is 0.256 e. The van der Waals surface area contributed by atoms with Crippen molar-refractivity contribution in [2.24, 2.45) is 11.5 Å². The number of hydrogen-bond acceptors (Lipinski definition) is 3. The highest BCUT2D eigenvalue weighted by molar-refractivity contribution is 5.91. The van der Waals surface area contributed by atoms with E-state index < -0.39 is 5.54 Å². The molecule has 5 N–H and O–H groups in total. The molecule has 78 valence electrons. The van der Waals surface area contributed by atoms with Crippen molar-refractivity contribution in [2.75, 3.05) is 13.1 Å². The number of rotatable bonds is 5. The molecule has 0 aliphatic rings. The van der Waals surface area contributed by atoms with Crippen molar-refractivity contribution in [2.45, 2.75) is 18.9 Å². The third-order valence-electron chi connectivity index (χ3n) is 1.67. The van der Waals surface area contributed by atoms with Gasteiger partial charge in [-0.05, 0) is 12.5 Å². The van der Waals surface area contributed by atoms with Gasteiger partial charge in [0.15, 0.2) is 5.54 Å². The average Bonchev–Trinajstić information content (AvgIpc) is 2.22. The van der Waals surface area contributed by atoms with Gasteiger partial charge in [-0.1, -0.05) is 18.9 Å². The van der Waals surface area contributed by atoms with Gasteiger partial charge in [0.05, 0.1) is 0 Å². The van der Waals surface area contributed by atoms with E-state index in [0.29, 0.717) is 13.1 Å². The van der Waals surface area contributed by atoms with Crippen LogP contribution in [-0.4, -0.2) is 24.5 Å². The highest BCUT2D eigenvalue weighted by Crippen LogP contribution is 2.01. The Morgan fingerprint density at radius 1 is 1.71 bits per heavy atom. The number of nitrogens with one attached hydrogen (secondary N) is 1. The predicted molar refractivity (Wildman–Crippen MR) is 57.2 cm³/mol. The van der Waals surface area contributed by atoms with Crippen LogP contribution in [0.25, 0.3) is 0 Å². The molecule has 1 amide bonds. The molecule has 0 aromatic rings. The maximum atomic E-state index is 11.5. The summed E-state index contributed by atoms with van der Waals surface area (Å²) in [6, 6.07) is 0. The number of nitrogens with two attached hydrogens (primary N) is 2. The minimum absolute atomic E-state index is 0.307. The fourth-order valence-corrected chi connectivity index (χ4v) is 0.828. The van der Waals surface area contributed by atoms with Crippen molar-refractivity contribution < 1.29 is 4.79 Å². The predicted octanol–water partition coefficient (Wildman–Crippen LogP) is -0.642. The van der Waals surface area contributed by atoms with Crippen LogP contribution in [0, 0.1) is 12.3 Å². The fourth-order valence-electron chi connectivity index (χ4n) is 0.828. The van der Waals surface area contributed by atoms with Gasteiger partial charge in [0, 0.05) is 13.1 Å². The second-order valence-electron chi connectivity index (χ2n) is 2.91. The van der Waals surface area contributed by atoms with Crippen molar-refractivity contribution in [3.05, 3.63) is 12.2 Å². The monoisotopic (exact) mass is 195 g/mol. The van der Waals surface area contributed by atoms with Gasteiger partial charge in [-0.15, -0.1) is 6.42 Å². The Morgan fingerprint density at radius 2 is 2.36 bits per heavy atom. The number of amides is 1. The first kappa shape index (κ1) is 12.7. The molecule has 0 saturated heterocycles. The lowest BCUT2D eigenvalue weighted by atomic mass is 10.0. The molecule has 0 fully saturated rings. The van der Waals surface area contributed by atoms with E-state index >= 15 is 0 Å². The van der Waals surface area contributed by atoms with Crippen LogP contribution in [0.5, 0.6) is 0 Å². The summed E-state index contributed by atoms with van der Waals surface area (Å²) in [5.41, 5.74) is 9.54. The van der Waals surface area contributed by atoms with Crippen LogP contribution >= 0.6 is 0 Å². The number of terminal acetylenes is 1. The van der Waals surface area contributed by atoms with Crippen molar-refractivity contribution in [3.63, 3.8) is 0 Å². The molecular formula is C10H17N3O. The Hall–Kier alpha value is -1.31. The highest BCUT2D eigenvalue weighted by atomic mass is 16.2. The van der Waals surface area contributed by atoms with Crippen molar-refractivity contribution >= 4 is 5.91 Å². The molecule has 14 heavy (non-hydrogen) atoms. The number of carbonyl (C=O) groups excluding carboxylic acids is 1. The first-order valence-corrected chi connectivity index (χ1v) is 4.53. The molecule has 0 bridgehead atoms. The van der Waals surface area contributed by atoms with Crippen molar-refractivity contribution in [1.29, 1.82) is 0 Å². The molecule has 0 saturated carbocycles. The molecule has 0 aromatic heterocycles. The Kier molecular flexibility index (Phi) is 5.61. The summed E-state index contributed by atoms with van der Waals surface area (Å²) >= 11 is 0. The van der Waals surface area contributed by atoms with E-state index in [-0.39, 0.29) is 5.91 Å². The molecule has 0 rings (SSSR count). The van der Waals surface area contributed by atoms with Crippen LogP contribution in [-0.2, 0) is 4.79 Å². The summed E-state index contributed by atoms with van der Waals surface area (Å²) in [5, 5.41) is 2.63. The third-order valence-corrected chi connectivity index (χ3v) is 1.67. The summed E-state index contributed by atoms with van der Waals surface area (Å²) in [6.45, 7) is 2.82. The Bertz CT molecular complexity index is 255. The quantitative estimate of drug-likeness (QED) is 0.403. The van der Waals surface area contributed by atoms with Gasteiger partial charge in [0.25, 0.3) is 5.91 Å². The van der Waals surface area contributed by atoms with Crippen LogP contribution in [0.2, 0.25) is 0 Å². The molecule has 4 nitrogen and oxygen atoms in total. The first-order chi connectivity index (χ1) is 6.60. The first-order valence-electron chi connectivity index (χ1n) is 4.53. The molecule has 0 heterocycles. The van der Waals surface area contributed by atoms with E-state index in [1.165, 1.54) is 6.08 Å². The van der Waals surface area contributed by atoms with Crippen LogP contribution in [0.1, 0.15) is 13.3 Å². The minimum atomic E-state index is -1.38. The summed E-state index contributed by atoms with van der Waals surface area (Å²) in [6.07, 6.45) is 9.05. The molecule has 0 aliphatic carbocycles. The summed E-state index contributed by atoms with van der Waals surface area (Å²) < 4.78 is 0. The second-order valence-corrected chi connectivity index (χ2v) is 2.91. The molecule has 1 unspecified atom stereocenters. The molecule has 0 aromatic carbocycles. The van der Waals surface area contributed by atoms with Crippen LogP contribution in [0.15, 0.2) is 12.2 Å². The van der Waals surface area contributed by atoms with Crippen LogP contribution < -0.4 is 16.8 Å². The summed E-state index contributed by atoms with van der Waals surface area (Å²) in [7, 11) is 0. The normalized spacial score (nSPS) is 14.7. The van der Waals surface area contributed by atoms with Crippen LogP contribution in [0.3, 0.4) is 0 Å². The molecule has 0 radical (unpaired) electrons. The zero-order valence-electron chi connectivity index (χ0n) is 8.42. The van der Waals surface area contributed by atoms with Gasteiger partial charge in [-0.25, -0.2) is 0 Å². The van der Waals surface area contributed by atoms with Gasteiger partial charge >= 0.3 is 0 Å². The highest BCUT2D eigenvalue weighted by Gasteiger charge is 2.27. The Balaban J connectivity index is 4.45. The number of hydrogen-bond donors (Lipinski definition) is 3. The largest absolute Gasteiger partial charge is 0.353 e. The third kappa shape index (κ3) is 3.60. The molecule has 0 spiro atoms. The van der Waals surface area contributed by atoms with E-state index in [1.54, 1.807) is 6.08 Å². The molecular weight excluding hydrogens is 178 g/mol. The number of carbonyl (C=O) groups is 1. The van der Waals surface area contributed by atoms with Gasteiger partial charge in [0.2, 0.25) is 0 Å². The summed E-state index contributed by atoms with van der Waals surface area (Å²) in [5.74, 6) is 1.88. The zero-order valence-corrected chi connectivity index (χ0v) is 8.42. The van der Waals surface area contributed by atoms with E-state index in [0.717, 1.165) is 6.42 Å². The molecule has 4 heteroatoms. The molecule has 0 aliphatic heterocycles. The smallest absolute Gasteiger partial charge is 0.256 e. The lowest BCUT2D eigenvalue weighted by Gasteiger charge is -2.18. The van der Waals surface area contributed by atoms with Crippen molar-refractivity contribution in [1.82, 2.24) is 5.32 Å². The molecule has 1 atom stereocenters. The lowest BCUT2D eigenvalue weighted by molar-refractivity contribution is -0.123. The Morgan fingerprint density at radius 3 is 2.79 bits per heavy atom. The second kappa shape index (κ2) is 6.19. The van der Waals surface area contributed by atoms with Crippen molar-refractivity contribution in [3.8, 4) is 12.3 Å². The summed E-state index contributed by atoms with van der Waals surface area (Å²) in [4.78, 5) is 11.5. The van der Waals surface area contributed by atoms with E-state index in [2.05, 4.69) is 11.2 Å². The van der Waals surface area contributed by atoms with Gasteiger partial charge in [-0.2, -0.15) is 0 Å². The van der Waals surface area contributed by atoms with E-state index in [1.807, 2.05) is 6.92 Å². The van der Waals surface area contributed by atoms with Gasteiger partial charge in [0.1, 0.15) is 0 Å². The van der Waals surface area contributed by atoms with E-state index in [4.69, 9.17) is 17.9 Å². The topological polar surface area (TPSA) is 81.1 Å². The van der Waals surface area contributed by atoms with Gasteiger partial charge in [-0.3, -0.25) is 4.79 Å². The lowest BCUT2D eigenvalue weighted by Crippen LogP contribution is -2.51. The average molecular weight is 195 g/mol. The van der Waals surface area contributed by atoms with E-state index in [9.17, 15) is 4.79 Å². The fraction of sp³-hybridized carbons (Fsp3) is 0.500.